The van der Waals surface area contributed by atoms with Crippen molar-refractivity contribution in [3.63, 3.8) is 0 Å². The van der Waals surface area contributed by atoms with Crippen LogP contribution in [0.4, 0.5) is 4.79 Å². The van der Waals surface area contributed by atoms with Gasteiger partial charge in [0.15, 0.2) is 0 Å². The van der Waals surface area contributed by atoms with E-state index >= 15 is 0 Å². The maximum atomic E-state index is 12.3. The molecular weight excluding hydrogens is 404 g/mol. The normalized spacial score (nSPS) is 11.9. The first-order valence-electron chi connectivity index (χ1n) is 8.31. The number of primary amides is 1. The zero-order valence-corrected chi connectivity index (χ0v) is 16.4. The second-order valence-corrected chi connectivity index (χ2v) is 7.52. The fourth-order valence-electron chi connectivity index (χ4n) is 2.74. The summed E-state index contributed by atoms with van der Waals surface area (Å²) >= 11 is 7.55. The van der Waals surface area contributed by atoms with Gasteiger partial charge in [0, 0.05) is 26.9 Å². The van der Waals surface area contributed by atoms with E-state index in [2.05, 4.69) is 5.32 Å². The fourth-order valence-corrected chi connectivity index (χ4v) is 3.68. The van der Waals surface area contributed by atoms with E-state index in [0.29, 0.717) is 21.6 Å². The lowest BCUT2D eigenvalue weighted by atomic mass is 10.1. The second kappa shape index (κ2) is 8.45. The lowest BCUT2D eigenvalue weighted by Crippen LogP contribution is -2.34. The highest BCUT2D eigenvalue weighted by molar-refractivity contribution is 7.10. The molecule has 9 heteroatoms. The van der Waals surface area contributed by atoms with Crippen LogP contribution in [0, 0.1) is 6.92 Å². The topological polar surface area (TPSA) is 112 Å². The molecular formula is C19H17ClN2O5S. The molecule has 1 atom stereocenters. The summed E-state index contributed by atoms with van der Waals surface area (Å²) in [6, 6.07) is 6.87. The Morgan fingerprint density at radius 1 is 1.36 bits per heavy atom. The van der Waals surface area contributed by atoms with Crippen molar-refractivity contribution in [2.24, 2.45) is 5.73 Å². The van der Waals surface area contributed by atoms with Crippen LogP contribution in [0.5, 0.6) is 0 Å². The average Bonchev–Trinajstić information content (AvgIpc) is 3.15. The third-order valence-corrected chi connectivity index (χ3v) is 5.47. The van der Waals surface area contributed by atoms with Crippen molar-refractivity contribution in [1.82, 2.24) is 5.32 Å². The van der Waals surface area contributed by atoms with Crippen LogP contribution in [-0.4, -0.2) is 12.0 Å². The third kappa shape index (κ3) is 4.71. The second-order valence-electron chi connectivity index (χ2n) is 6.13. The number of hydrogen-bond donors (Lipinski definition) is 2. The smallest absolute Gasteiger partial charge is 0.336 e. The number of aryl methyl sites for hydroxylation is 1. The lowest BCUT2D eigenvalue weighted by Gasteiger charge is -2.15. The Kier molecular flexibility index (Phi) is 6.01. The van der Waals surface area contributed by atoms with Crippen LogP contribution < -0.4 is 16.7 Å². The largest absolute Gasteiger partial charge is 0.461 e. The number of nitrogens with one attached hydrogen (secondary N) is 1. The Balaban J connectivity index is 1.76. The van der Waals surface area contributed by atoms with Gasteiger partial charge in [0.2, 0.25) is 0 Å². The minimum Gasteiger partial charge on any atom is -0.461 e. The van der Waals surface area contributed by atoms with E-state index in [1.165, 1.54) is 17.4 Å². The number of ether oxygens (including phenoxy) is 1. The summed E-state index contributed by atoms with van der Waals surface area (Å²) < 4.78 is 10.5. The molecule has 7 nitrogen and oxygen atoms in total. The molecule has 2 amide bonds. The van der Waals surface area contributed by atoms with Crippen LogP contribution in [0.2, 0.25) is 5.02 Å². The van der Waals surface area contributed by atoms with Crippen LogP contribution in [0.1, 0.15) is 28.5 Å². The van der Waals surface area contributed by atoms with Crippen molar-refractivity contribution >= 4 is 45.9 Å². The van der Waals surface area contributed by atoms with E-state index in [1.807, 2.05) is 11.4 Å². The quantitative estimate of drug-likeness (QED) is 0.467. The first kappa shape index (κ1) is 19.9. The molecule has 0 spiro atoms. The van der Waals surface area contributed by atoms with Gasteiger partial charge in [0.25, 0.3) is 0 Å². The number of hydrogen-bond acceptors (Lipinski definition) is 6. The van der Waals surface area contributed by atoms with E-state index < -0.39 is 23.7 Å². The summed E-state index contributed by atoms with van der Waals surface area (Å²) in [4.78, 5) is 36.1. The maximum Gasteiger partial charge on any atom is 0.336 e. The summed E-state index contributed by atoms with van der Waals surface area (Å²) in [5, 5.41) is 5.46. The van der Waals surface area contributed by atoms with Gasteiger partial charge in [0.1, 0.15) is 12.2 Å². The van der Waals surface area contributed by atoms with Crippen LogP contribution >= 0.6 is 22.9 Å². The first-order valence-corrected chi connectivity index (χ1v) is 9.57. The average molecular weight is 421 g/mol. The minimum absolute atomic E-state index is 0.0946. The molecule has 0 bridgehead atoms. The van der Waals surface area contributed by atoms with Gasteiger partial charge in [-0.1, -0.05) is 17.7 Å². The molecule has 0 radical (unpaired) electrons. The van der Waals surface area contributed by atoms with Gasteiger partial charge in [-0.3, -0.25) is 4.79 Å². The summed E-state index contributed by atoms with van der Waals surface area (Å²) in [5.74, 6) is -0.549. The Bertz CT molecular complexity index is 1080. The molecule has 0 aliphatic carbocycles. The van der Waals surface area contributed by atoms with Gasteiger partial charge in [-0.25, -0.2) is 9.59 Å². The minimum atomic E-state index is -0.733. The molecule has 0 aliphatic rings. The predicted molar refractivity (Wildman–Crippen MR) is 106 cm³/mol. The monoisotopic (exact) mass is 420 g/mol. The molecule has 3 rings (SSSR count). The van der Waals surface area contributed by atoms with Gasteiger partial charge in [-0.15, -0.1) is 11.3 Å². The number of amides is 2. The zero-order valence-electron chi connectivity index (χ0n) is 14.9. The van der Waals surface area contributed by atoms with E-state index in [0.717, 1.165) is 10.4 Å². The molecule has 3 N–H and O–H groups in total. The van der Waals surface area contributed by atoms with Crippen LogP contribution in [-0.2, 0) is 16.1 Å². The van der Waals surface area contributed by atoms with E-state index in [4.69, 9.17) is 26.5 Å². The Labute approximate surface area is 169 Å². The van der Waals surface area contributed by atoms with Crippen molar-refractivity contribution in [3.8, 4) is 0 Å². The SMILES string of the molecule is Cc1cc2oc(=O)cc(COC(=O)C[C@@H](NC(N)=O)c3cccs3)c2cc1Cl. The molecule has 1 aromatic carbocycles. The summed E-state index contributed by atoms with van der Waals surface area (Å²) in [5.41, 5.74) is 6.26. The zero-order chi connectivity index (χ0) is 20.3. The van der Waals surface area contributed by atoms with Gasteiger partial charge in [-0.2, -0.15) is 0 Å². The highest BCUT2D eigenvalue weighted by Gasteiger charge is 2.20. The van der Waals surface area contributed by atoms with Crippen molar-refractivity contribution < 1.29 is 18.7 Å². The summed E-state index contributed by atoms with van der Waals surface area (Å²) in [7, 11) is 0. The summed E-state index contributed by atoms with van der Waals surface area (Å²) in [6.45, 7) is 1.67. The van der Waals surface area contributed by atoms with Gasteiger partial charge < -0.3 is 20.2 Å². The molecule has 0 saturated carbocycles. The Hall–Kier alpha value is -2.84. The highest BCUT2D eigenvalue weighted by atomic mass is 35.5. The van der Waals surface area contributed by atoms with Gasteiger partial charge in [0.05, 0.1) is 12.5 Å². The van der Waals surface area contributed by atoms with Crippen molar-refractivity contribution in [2.45, 2.75) is 26.0 Å². The molecule has 2 heterocycles. The Morgan fingerprint density at radius 3 is 2.82 bits per heavy atom. The fraction of sp³-hybridized carbons (Fsp3) is 0.211. The van der Waals surface area contributed by atoms with Crippen molar-refractivity contribution in [3.05, 3.63) is 67.2 Å². The third-order valence-electron chi connectivity index (χ3n) is 4.07. The number of carbonyl (C=O) groups is 2. The number of rotatable bonds is 6. The molecule has 0 fully saturated rings. The number of thiophene rings is 1. The van der Waals surface area contributed by atoms with E-state index in [-0.39, 0.29) is 13.0 Å². The van der Waals surface area contributed by atoms with E-state index in [9.17, 15) is 14.4 Å². The summed E-state index contributed by atoms with van der Waals surface area (Å²) in [6.07, 6.45) is -0.0946. The number of halogens is 1. The van der Waals surface area contributed by atoms with Crippen molar-refractivity contribution in [1.29, 1.82) is 0 Å². The number of nitrogens with two attached hydrogens (primary N) is 1. The molecule has 146 valence electrons. The highest BCUT2D eigenvalue weighted by Crippen LogP contribution is 2.26. The van der Waals surface area contributed by atoms with Crippen molar-refractivity contribution in [2.75, 3.05) is 0 Å². The molecule has 0 unspecified atom stereocenters. The number of urea groups is 1. The first-order chi connectivity index (χ1) is 13.3. The van der Waals surface area contributed by atoms with Crippen LogP contribution in [0.3, 0.4) is 0 Å². The molecule has 0 saturated heterocycles. The van der Waals surface area contributed by atoms with E-state index in [1.54, 1.807) is 25.1 Å². The number of benzene rings is 1. The van der Waals surface area contributed by atoms with Gasteiger partial charge >= 0.3 is 17.6 Å². The molecule has 0 aliphatic heterocycles. The Morgan fingerprint density at radius 2 is 2.14 bits per heavy atom. The number of carbonyl (C=O) groups excluding carboxylic acids is 2. The molecule has 2 aromatic heterocycles. The van der Waals surface area contributed by atoms with Gasteiger partial charge in [-0.05, 0) is 36.1 Å². The number of esters is 1. The standard InChI is InChI=1S/C19H17ClN2O5S/c1-10-5-15-12(7-13(10)20)11(6-18(24)27-15)9-26-17(23)8-14(22-19(21)25)16-3-2-4-28-16/h2-7,14H,8-9H2,1H3,(H3,21,22,25)/t14-/m1/s1. The molecule has 3 aromatic rings. The molecule has 28 heavy (non-hydrogen) atoms. The predicted octanol–water partition coefficient (Wildman–Crippen LogP) is 3.66. The number of fused-ring (bicyclic) bond motifs is 1. The lowest BCUT2D eigenvalue weighted by molar-refractivity contribution is -0.145. The van der Waals surface area contributed by atoms with Crippen LogP contribution in [0.25, 0.3) is 11.0 Å². The van der Waals surface area contributed by atoms with Crippen LogP contribution in [0.15, 0.2) is 44.9 Å². The maximum absolute atomic E-state index is 12.3.